The summed E-state index contributed by atoms with van der Waals surface area (Å²) in [6, 6.07) is 37.0. The van der Waals surface area contributed by atoms with Gasteiger partial charge in [-0.2, -0.15) is 0 Å². The van der Waals surface area contributed by atoms with Crippen LogP contribution in [0.2, 0.25) is 0 Å². The molecule has 2 nitrogen and oxygen atoms in total. The first-order valence-corrected chi connectivity index (χ1v) is 12.5. The van der Waals surface area contributed by atoms with E-state index in [-0.39, 0.29) is 0 Å². The summed E-state index contributed by atoms with van der Waals surface area (Å²) in [4.78, 5) is 5.33. The van der Waals surface area contributed by atoms with Gasteiger partial charge in [0.05, 0.1) is 22.2 Å². The lowest BCUT2D eigenvalue weighted by Gasteiger charge is -2.15. The van der Waals surface area contributed by atoms with E-state index in [1.165, 1.54) is 60.2 Å². The number of rotatable bonds is 2. The van der Waals surface area contributed by atoms with Crippen LogP contribution in [-0.4, -0.2) is 9.55 Å². The van der Waals surface area contributed by atoms with E-state index in [9.17, 15) is 0 Å². The van der Waals surface area contributed by atoms with Crippen LogP contribution in [0, 0.1) is 20.8 Å². The molecule has 0 saturated heterocycles. The minimum Gasteiger partial charge on any atom is -0.308 e. The van der Waals surface area contributed by atoms with Gasteiger partial charge in [0.25, 0.3) is 0 Å². The van der Waals surface area contributed by atoms with Crippen molar-refractivity contribution in [1.82, 2.24) is 9.55 Å². The number of pyridine rings is 1. The summed E-state index contributed by atoms with van der Waals surface area (Å²) in [5.74, 6) is 0. The normalized spacial score (nSPS) is 11.8. The summed E-state index contributed by atoms with van der Waals surface area (Å²) in [5, 5.41) is 6.22. The van der Waals surface area contributed by atoms with E-state index >= 15 is 0 Å². The molecule has 2 heterocycles. The lowest BCUT2D eigenvalue weighted by atomic mass is 9.92. The molecule has 5 aromatic carbocycles. The molecule has 0 fully saturated rings. The molecule has 0 aliphatic carbocycles. The quantitative estimate of drug-likeness (QED) is 0.250. The lowest BCUT2D eigenvalue weighted by molar-refractivity contribution is 1.18. The molecule has 0 bridgehead atoms. The van der Waals surface area contributed by atoms with Crippen LogP contribution >= 0.6 is 0 Å². The standard InChI is InChI=1S/C34H26N2/c1-21-19-22(2)31-23(3)26(18-17-24(31)20-21)33-32-28-14-8-10-16-30(28)36(25-11-5-4-6-12-25)34(32)27-13-7-9-15-29(27)35-33/h4-20H,1-3H3. The number of fused-ring (bicyclic) bond motifs is 6. The van der Waals surface area contributed by atoms with Crippen LogP contribution in [0.15, 0.2) is 103 Å². The van der Waals surface area contributed by atoms with E-state index in [2.05, 4.69) is 128 Å². The first kappa shape index (κ1) is 20.9. The van der Waals surface area contributed by atoms with Gasteiger partial charge in [0, 0.05) is 27.4 Å². The Morgan fingerprint density at radius 1 is 0.639 bits per heavy atom. The van der Waals surface area contributed by atoms with Crippen LogP contribution in [0.3, 0.4) is 0 Å². The van der Waals surface area contributed by atoms with Gasteiger partial charge in [-0.05, 0) is 66.9 Å². The van der Waals surface area contributed by atoms with E-state index in [0.29, 0.717) is 0 Å². The van der Waals surface area contributed by atoms with Crippen molar-refractivity contribution in [3.05, 3.63) is 120 Å². The van der Waals surface area contributed by atoms with Crippen LogP contribution in [0.5, 0.6) is 0 Å². The number of aryl methyl sites for hydroxylation is 3. The molecule has 0 spiro atoms. The van der Waals surface area contributed by atoms with E-state index in [1.54, 1.807) is 0 Å². The van der Waals surface area contributed by atoms with Gasteiger partial charge in [-0.15, -0.1) is 0 Å². The first-order chi connectivity index (χ1) is 17.6. The summed E-state index contributed by atoms with van der Waals surface area (Å²) < 4.78 is 2.41. The summed E-state index contributed by atoms with van der Waals surface area (Å²) in [6.07, 6.45) is 0. The molecule has 0 saturated carbocycles. The van der Waals surface area contributed by atoms with Crippen molar-refractivity contribution in [2.75, 3.05) is 0 Å². The second-order valence-corrected chi connectivity index (χ2v) is 9.81. The molecular weight excluding hydrogens is 436 g/mol. The smallest absolute Gasteiger partial charge is 0.0812 e. The Bertz CT molecular complexity index is 1960. The number of para-hydroxylation sites is 3. The van der Waals surface area contributed by atoms with Crippen LogP contribution in [0.25, 0.3) is 60.4 Å². The predicted octanol–water partition coefficient (Wildman–Crippen LogP) is 9.08. The van der Waals surface area contributed by atoms with Gasteiger partial charge in [-0.25, -0.2) is 4.98 Å². The zero-order valence-corrected chi connectivity index (χ0v) is 20.7. The lowest BCUT2D eigenvalue weighted by Crippen LogP contribution is -1.97. The number of hydrogen-bond donors (Lipinski definition) is 0. The van der Waals surface area contributed by atoms with Crippen molar-refractivity contribution in [3.63, 3.8) is 0 Å². The first-order valence-electron chi connectivity index (χ1n) is 12.5. The van der Waals surface area contributed by atoms with E-state index in [1.807, 2.05) is 0 Å². The van der Waals surface area contributed by atoms with E-state index < -0.39 is 0 Å². The van der Waals surface area contributed by atoms with Gasteiger partial charge in [0.2, 0.25) is 0 Å². The van der Waals surface area contributed by atoms with Crippen LogP contribution in [-0.2, 0) is 0 Å². The van der Waals surface area contributed by atoms with E-state index in [0.717, 1.165) is 16.9 Å². The zero-order chi connectivity index (χ0) is 24.4. The molecule has 36 heavy (non-hydrogen) atoms. The molecule has 7 aromatic rings. The Morgan fingerprint density at radius 2 is 1.36 bits per heavy atom. The Labute approximate surface area is 210 Å². The molecule has 2 heteroatoms. The van der Waals surface area contributed by atoms with Crippen molar-refractivity contribution in [3.8, 4) is 16.9 Å². The van der Waals surface area contributed by atoms with Gasteiger partial charge in [-0.1, -0.05) is 84.4 Å². The molecule has 0 N–H and O–H groups in total. The third-order valence-electron chi connectivity index (χ3n) is 7.49. The van der Waals surface area contributed by atoms with Crippen LogP contribution in [0.1, 0.15) is 16.7 Å². The average Bonchev–Trinajstić information content (AvgIpc) is 3.24. The topological polar surface area (TPSA) is 17.8 Å². The van der Waals surface area contributed by atoms with Gasteiger partial charge >= 0.3 is 0 Å². The molecular formula is C34H26N2. The minimum absolute atomic E-state index is 1.01. The second kappa shape index (κ2) is 7.79. The van der Waals surface area contributed by atoms with Gasteiger partial charge in [0.15, 0.2) is 0 Å². The SMILES string of the molecule is Cc1cc(C)c2c(C)c(-c3nc4ccccc4c4c3c3ccccc3n4-c3ccccc3)ccc2c1. The monoisotopic (exact) mass is 462 g/mol. The Morgan fingerprint density at radius 3 is 2.19 bits per heavy atom. The summed E-state index contributed by atoms with van der Waals surface area (Å²) in [5.41, 5.74) is 10.7. The Kier molecular flexibility index (Phi) is 4.52. The Balaban J connectivity index is 1.71. The highest BCUT2D eigenvalue weighted by atomic mass is 15.0. The predicted molar refractivity (Wildman–Crippen MR) is 153 cm³/mol. The summed E-state index contributed by atoms with van der Waals surface area (Å²) >= 11 is 0. The van der Waals surface area contributed by atoms with Crippen LogP contribution < -0.4 is 0 Å². The van der Waals surface area contributed by atoms with Gasteiger partial charge in [-0.3, -0.25) is 0 Å². The van der Waals surface area contributed by atoms with Crippen LogP contribution in [0.4, 0.5) is 0 Å². The number of hydrogen-bond acceptors (Lipinski definition) is 1. The van der Waals surface area contributed by atoms with Crippen molar-refractivity contribution in [2.45, 2.75) is 20.8 Å². The maximum Gasteiger partial charge on any atom is 0.0812 e. The second-order valence-electron chi connectivity index (χ2n) is 9.81. The third kappa shape index (κ3) is 2.94. The fraction of sp³-hybridized carbons (Fsp3) is 0.0882. The molecule has 0 atom stereocenters. The number of aromatic nitrogens is 2. The zero-order valence-electron chi connectivity index (χ0n) is 20.7. The number of benzene rings is 5. The molecule has 0 aliphatic heterocycles. The summed E-state index contributed by atoms with van der Waals surface area (Å²) in [7, 11) is 0. The molecule has 7 rings (SSSR count). The molecule has 2 aromatic heterocycles. The fourth-order valence-electron chi connectivity index (χ4n) is 6.06. The van der Waals surface area contributed by atoms with Crippen molar-refractivity contribution >= 4 is 43.5 Å². The maximum atomic E-state index is 5.33. The van der Waals surface area contributed by atoms with Crippen molar-refractivity contribution in [2.24, 2.45) is 0 Å². The molecule has 0 aliphatic rings. The highest BCUT2D eigenvalue weighted by Crippen LogP contribution is 2.42. The van der Waals surface area contributed by atoms with Gasteiger partial charge < -0.3 is 4.57 Å². The maximum absolute atomic E-state index is 5.33. The van der Waals surface area contributed by atoms with Crippen molar-refractivity contribution < 1.29 is 0 Å². The molecule has 0 unspecified atom stereocenters. The van der Waals surface area contributed by atoms with E-state index in [4.69, 9.17) is 4.98 Å². The molecule has 0 radical (unpaired) electrons. The highest BCUT2D eigenvalue weighted by molar-refractivity contribution is 6.22. The highest BCUT2D eigenvalue weighted by Gasteiger charge is 2.21. The molecule has 172 valence electrons. The summed E-state index contributed by atoms with van der Waals surface area (Å²) in [6.45, 7) is 6.64. The van der Waals surface area contributed by atoms with Crippen molar-refractivity contribution in [1.29, 1.82) is 0 Å². The number of nitrogens with zero attached hydrogens (tertiary/aromatic N) is 2. The van der Waals surface area contributed by atoms with Gasteiger partial charge in [0.1, 0.15) is 0 Å². The largest absolute Gasteiger partial charge is 0.308 e. The Hall–Kier alpha value is -4.43. The third-order valence-corrected chi connectivity index (χ3v) is 7.49. The molecule has 0 amide bonds. The fourth-order valence-corrected chi connectivity index (χ4v) is 6.06. The average molecular weight is 463 g/mol. The minimum atomic E-state index is 1.01.